The molecule has 2 aromatic carbocycles. The van der Waals surface area contributed by atoms with E-state index in [1.807, 2.05) is 25.1 Å². The van der Waals surface area contributed by atoms with Crippen LogP contribution in [0.2, 0.25) is 0 Å². The van der Waals surface area contributed by atoms with Crippen molar-refractivity contribution < 1.29 is 0 Å². The lowest BCUT2D eigenvalue weighted by atomic mass is 10.1. The van der Waals surface area contributed by atoms with Crippen molar-refractivity contribution >= 4 is 27.5 Å². The largest absolute Gasteiger partial charge is 0.345 e. The van der Waals surface area contributed by atoms with Crippen LogP contribution in [0, 0.1) is 13.5 Å². The summed E-state index contributed by atoms with van der Waals surface area (Å²) in [6.45, 7) is 9.36. The molecular formula is C15H12N2. The number of fused-ring (bicyclic) bond motifs is 3. The van der Waals surface area contributed by atoms with Gasteiger partial charge in [0.2, 0.25) is 0 Å². The smallest absolute Gasteiger partial charge is 0.197 e. The Kier molecular flexibility index (Phi) is 1.96. The van der Waals surface area contributed by atoms with E-state index in [2.05, 4.69) is 34.7 Å². The summed E-state index contributed by atoms with van der Waals surface area (Å²) in [6, 6.07) is 12.3. The third-order valence-corrected chi connectivity index (χ3v) is 3.26. The fraction of sp³-hybridized carbons (Fsp3) is 0.133. The molecular weight excluding hydrogens is 208 g/mol. The fourth-order valence-corrected chi connectivity index (χ4v) is 2.48. The van der Waals surface area contributed by atoms with E-state index in [1.54, 1.807) is 0 Å². The average Bonchev–Trinajstić information content (AvgIpc) is 2.63. The van der Waals surface area contributed by atoms with Crippen molar-refractivity contribution in [1.82, 2.24) is 4.57 Å². The number of para-hydroxylation sites is 1. The summed E-state index contributed by atoms with van der Waals surface area (Å²) in [5.41, 5.74) is 4.20. The molecule has 0 radical (unpaired) electrons. The van der Waals surface area contributed by atoms with Gasteiger partial charge in [-0.3, -0.25) is 0 Å². The first-order valence-electron chi connectivity index (χ1n) is 5.57. The van der Waals surface area contributed by atoms with Crippen LogP contribution < -0.4 is 0 Å². The van der Waals surface area contributed by atoms with Crippen molar-refractivity contribution in [2.45, 2.75) is 6.92 Å². The van der Waals surface area contributed by atoms with Gasteiger partial charge in [-0.25, -0.2) is 4.85 Å². The van der Waals surface area contributed by atoms with Gasteiger partial charge < -0.3 is 4.57 Å². The number of hydrogen-bond acceptors (Lipinski definition) is 0. The van der Waals surface area contributed by atoms with Gasteiger partial charge in [-0.1, -0.05) is 29.8 Å². The van der Waals surface area contributed by atoms with Crippen molar-refractivity contribution in [3.8, 4) is 0 Å². The summed E-state index contributed by atoms with van der Waals surface area (Å²) >= 11 is 0. The maximum atomic E-state index is 7.32. The first-order valence-corrected chi connectivity index (χ1v) is 5.57. The summed E-state index contributed by atoms with van der Waals surface area (Å²) < 4.78 is 2.16. The van der Waals surface area contributed by atoms with Crippen LogP contribution in [0.15, 0.2) is 36.4 Å². The SMILES string of the molecule is [C-]#[N+]c1cc(C)cc2c1c1ccccc1n2C. The van der Waals surface area contributed by atoms with Gasteiger partial charge >= 0.3 is 0 Å². The van der Waals surface area contributed by atoms with E-state index in [1.165, 1.54) is 5.52 Å². The van der Waals surface area contributed by atoms with Gasteiger partial charge in [-0.2, -0.15) is 0 Å². The number of rotatable bonds is 0. The first-order chi connectivity index (χ1) is 8.22. The predicted molar refractivity (Wildman–Crippen MR) is 71.4 cm³/mol. The van der Waals surface area contributed by atoms with Gasteiger partial charge in [0.05, 0.1) is 6.57 Å². The minimum atomic E-state index is 0.747. The highest BCUT2D eigenvalue weighted by atomic mass is 14.9. The zero-order valence-corrected chi connectivity index (χ0v) is 9.86. The molecule has 0 aliphatic rings. The monoisotopic (exact) mass is 220 g/mol. The van der Waals surface area contributed by atoms with E-state index >= 15 is 0 Å². The van der Waals surface area contributed by atoms with Crippen LogP contribution in [-0.2, 0) is 7.05 Å². The lowest BCUT2D eigenvalue weighted by Gasteiger charge is -2.00. The minimum Gasteiger partial charge on any atom is -0.345 e. The molecule has 0 N–H and O–H groups in total. The Labute approximate surface area is 99.9 Å². The van der Waals surface area contributed by atoms with Crippen molar-refractivity contribution in [2.24, 2.45) is 7.05 Å². The molecule has 0 aliphatic carbocycles. The molecule has 17 heavy (non-hydrogen) atoms. The van der Waals surface area contributed by atoms with Crippen LogP contribution in [0.1, 0.15) is 5.56 Å². The molecule has 2 nitrogen and oxygen atoms in total. The Morgan fingerprint density at radius 1 is 1.12 bits per heavy atom. The minimum absolute atomic E-state index is 0.747. The molecule has 0 unspecified atom stereocenters. The van der Waals surface area contributed by atoms with Crippen LogP contribution in [0.3, 0.4) is 0 Å². The molecule has 0 spiro atoms. The third-order valence-electron chi connectivity index (χ3n) is 3.26. The molecule has 0 bridgehead atoms. The van der Waals surface area contributed by atoms with Crippen LogP contribution in [0.4, 0.5) is 5.69 Å². The summed E-state index contributed by atoms with van der Waals surface area (Å²) in [4.78, 5) is 3.66. The van der Waals surface area contributed by atoms with Gasteiger partial charge in [0, 0.05) is 23.5 Å². The highest BCUT2D eigenvalue weighted by Gasteiger charge is 2.11. The molecule has 0 saturated heterocycles. The Morgan fingerprint density at radius 3 is 2.65 bits per heavy atom. The Morgan fingerprint density at radius 2 is 1.88 bits per heavy atom. The van der Waals surface area contributed by atoms with Crippen LogP contribution in [0.25, 0.3) is 26.7 Å². The summed E-state index contributed by atoms with van der Waals surface area (Å²) in [6.07, 6.45) is 0. The molecule has 2 heteroatoms. The summed E-state index contributed by atoms with van der Waals surface area (Å²) in [5.74, 6) is 0. The topological polar surface area (TPSA) is 9.29 Å². The predicted octanol–water partition coefficient (Wildman–Crippen LogP) is 4.19. The van der Waals surface area contributed by atoms with Crippen LogP contribution in [0.5, 0.6) is 0 Å². The van der Waals surface area contributed by atoms with Crippen LogP contribution in [-0.4, -0.2) is 4.57 Å². The second-order valence-corrected chi connectivity index (χ2v) is 4.37. The van der Waals surface area contributed by atoms with E-state index in [0.717, 1.165) is 27.5 Å². The van der Waals surface area contributed by atoms with E-state index in [0.29, 0.717) is 0 Å². The Balaban J connectivity index is 2.68. The zero-order chi connectivity index (χ0) is 12.0. The van der Waals surface area contributed by atoms with Gasteiger partial charge in [-0.05, 0) is 24.4 Å². The lowest BCUT2D eigenvalue weighted by Crippen LogP contribution is -1.86. The maximum Gasteiger partial charge on any atom is 0.197 e. The Hall–Kier alpha value is -2.27. The van der Waals surface area contributed by atoms with Gasteiger partial charge in [0.15, 0.2) is 5.69 Å². The second kappa shape index (κ2) is 3.36. The van der Waals surface area contributed by atoms with Crippen LogP contribution >= 0.6 is 0 Å². The molecule has 0 atom stereocenters. The molecule has 0 amide bonds. The van der Waals surface area contributed by atoms with Gasteiger partial charge in [0.1, 0.15) is 0 Å². The molecule has 0 aliphatic heterocycles. The standard InChI is InChI=1S/C15H12N2/c1-10-8-12(16-2)15-11-6-4-5-7-13(11)17(3)14(15)9-10/h4-9H,1,3H3. The quantitative estimate of drug-likeness (QED) is 0.502. The highest BCUT2D eigenvalue weighted by molar-refractivity contribution is 6.14. The maximum absolute atomic E-state index is 7.32. The van der Waals surface area contributed by atoms with E-state index in [9.17, 15) is 0 Å². The molecule has 82 valence electrons. The number of benzene rings is 2. The number of nitrogens with zero attached hydrogens (tertiary/aromatic N) is 2. The van der Waals surface area contributed by atoms with Crippen molar-refractivity contribution in [3.05, 3.63) is 53.4 Å². The fourth-order valence-electron chi connectivity index (χ4n) is 2.48. The molecule has 3 rings (SSSR count). The van der Waals surface area contributed by atoms with Crippen molar-refractivity contribution in [2.75, 3.05) is 0 Å². The number of aryl methyl sites for hydroxylation is 2. The van der Waals surface area contributed by atoms with E-state index < -0.39 is 0 Å². The Bertz CT molecular complexity index is 773. The van der Waals surface area contributed by atoms with Gasteiger partial charge in [0.25, 0.3) is 0 Å². The van der Waals surface area contributed by atoms with Crippen molar-refractivity contribution in [1.29, 1.82) is 0 Å². The number of hydrogen-bond donors (Lipinski definition) is 0. The highest BCUT2D eigenvalue weighted by Crippen LogP contribution is 2.35. The average molecular weight is 220 g/mol. The lowest BCUT2D eigenvalue weighted by molar-refractivity contribution is 1.01. The third kappa shape index (κ3) is 1.26. The van der Waals surface area contributed by atoms with E-state index in [4.69, 9.17) is 6.57 Å². The normalized spacial score (nSPS) is 10.9. The summed E-state index contributed by atoms with van der Waals surface area (Å²) in [5, 5.41) is 2.24. The van der Waals surface area contributed by atoms with Crippen molar-refractivity contribution in [3.63, 3.8) is 0 Å². The first kappa shape index (κ1) is 9.92. The number of aromatic nitrogens is 1. The molecule has 0 saturated carbocycles. The molecule has 0 fully saturated rings. The zero-order valence-electron chi connectivity index (χ0n) is 9.86. The molecule has 3 aromatic rings. The second-order valence-electron chi connectivity index (χ2n) is 4.37. The molecule has 1 heterocycles. The van der Waals surface area contributed by atoms with Gasteiger partial charge in [-0.15, -0.1) is 0 Å². The van der Waals surface area contributed by atoms with E-state index in [-0.39, 0.29) is 0 Å². The molecule has 1 aromatic heterocycles. The summed E-state index contributed by atoms with van der Waals surface area (Å²) in [7, 11) is 2.05.